The number of anilines is 1. The first-order valence-electron chi connectivity index (χ1n) is 11.9. The Hall–Kier alpha value is -3.04. The Morgan fingerprint density at radius 1 is 1.21 bits per heavy atom. The van der Waals surface area contributed by atoms with Gasteiger partial charge in [0.25, 0.3) is 0 Å². The first-order chi connectivity index (χ1) is 16.4. The molecular formula is C25H30FN5O3. The van der Waals surface area contributed by atoms with Crippen LogP contribution in [-0.2, 0) is 4.74 Å². The van der Waals surface area contributed by atoms with E-state index in [2.05, 4.69) is 28.6 Å². The molecule has 1 atom stereocenters. The summed E-state index contributed by atoms with van der Waals surface area (Å²) in [5, 5.41) is 15.5. The maximum Gasteiger partial charge on any atom is 0.354 e. The molecule has 3 aromatic rings. The molecule has 2 aromatic heterocycles. The number of carboxylic acid groups (broad SMARTS) is 1. The van der Waals surface area contributed by atoms with Crippen molar-refractivity contribution in [3.8, 4) is 5.69 Å². The lowest BCUT2D eigenvalue weighted by molar-refractivity contribution is 0.0689. The van der Waals surface area contributed by atoms with Gasteiger partial charge in [0.05, 0.1) is 28.6 Å². The van der Waals surface area contributed by atoms with E-state index in [0.29, 0.717) is 17.4 Å². The van der Waals surface area contributed by atoms with Gasteiger partial charge in [-0.25, -0.2) is 18.9 Å². The summed E-state index contributed by atoms with van der Waals surface area (Å²) >= 11 is 0. The summed E-state index contributed by atoms with van der Waals surface area (Å²) < 4.78 is 21.0. The van der Waals surface area contributed by atoms with Crippen LogP contribution in [0.4, 0.5) is 10.1 Å². The van der Waals surface area contributed by atoms with Gasteiger partial charge in [0.15, 0.2) is 11.3 Å². The smallest absolute Gasteiger partial charge is 0.354 e. The van der Waals surface area contributed by atoms with E-state index in [0.717, 1.165) is 68.9 Å². The van der Waals surface area contributed by atoms with Gasteiger partial charge < -0.3 is 14.7 Å². The molecule has 1 unspecified atom stereocenters. The quantitative estimate of drug-likeness (QED) is 0.592. The molecule has 0 saturated carbocycles. The van der Waals surface area contributed by atoms with E-state index in [1.165, 1.54) is 12.1 Å². The zero-order chi connectivity index (χ0) is 23.8. The van der Waals surface area contributed by atoms with Crippen molar-refractivity contribution in [2.24, 2.45) is 0 Å². The summed E-state index contributed by atoms with van der Waals surface area (Å²) in [7, 11) is 0. The van der Waals surface area contributed by atoms with Gasteiger partial charge in [-0.3, -0.25) is 4.90 Å². The first kappa shape index (κ1) is 22.7. The molecule has 5 rings (SSSR count). The van der Waals surface area contributed by atoms with Crippen LogP contribution in [0.3, 0.4) is 0 Å². The average Bonchev–Trinajstić information content (AvgIpc) is 3.47. The Morgan fingerprint density at radius 2 is 1.94 bits per heavy atom. The van der Waals surface area contributed by atoms with Crippen molar-refractivity contribution in [2.45, 2.75) is 38.7 Å². The highest BCUT2D eigenvalue weighted by Gasteiger charge is 2.28. The van der Waals surface area contributed by atoms with Crippen LogP contribution in [0.25, 0.3) is 16.7 Å². The van der Waals surface area contributed by atoms with E-state index in [-0.39, 0.29) is 17.4 Å². The molecule has 8 nitrogen and oxygen atoms in total. The number of hydrogen-bond donors (Lipinski definition) is 1. The maximum atomic E-state index is 13.5. The lowest BCUT2D eigenvalue weighted by Crippen LogP contribution is -2.48. The summed E-state index contributed by atoms with van der Waals surface area (Å²) in [6.45, 7) is 9.25. The van der Waals surface area contributed by atoms with Crippen LogP contribution in [0.5, 0.6) is 0 Å². The van der Waals surface area contributed by atoms with E-state index < -0.39 is 5.97 Å². The minimum Gasteiger partial charge on any atom is -0.477 e. The molecule has 2 saturated heterocycles. The number of aromatic carboxylic acids is 1. The average molecular weight is 468 g/mol. The minimum atomic E-state index is -1.09. The molecule has 180 valence electrons. The molecule has 0 radical (unpaired) electrons. The van der Waals surface area contributed by atoms with Gasteiger partial charge in [-0.1, -0.05) is 13.8 Å². The molecule has 2 aliphatic rings. The third kappa shape index (κ3) is 4.37. The second-order valence-electron chi connectivity index (χ2n) is 9.38. The number of rotatable bonds is 6. The highest BCUT2D eigenvalue weighted by atomic mass is 19.1. The van der Waals surface area contributed by atoms with Crippen molar-refractivity contribution < 1.29 is 19.0 Å². The van der Waals surface area contributed by atoms with Crippen LogP contribution in [-0.4, -0.2) is 76.2 Å². The number of fused-ring (bicyclic) bond motifs is 1. The van der Waals surface area contributed by atoms with Crippen molar-refractivity contribution in [3.05, 3.63) is 47.5 Å². The summed E-state index contributed by atoms with van der Waals surface area (Å²) in [6.07, 6.45) is 2.57. The molecule has 0 aliphatic carbocycles. The summed E-state index contributed by atoms with van der Waals surface area (Å²) in [5.74, 6) is -1.33. The van der Waals surface area contributed by atoms with Gasteiger partial charge in [0.2, 0.25) is 0 Å². The topological polar surface area (TPSA) is 83.7 Å². The molecule has 34 heavy (non-hydrogen) atoms. The van der Waals surface area contributed by atoms with Gasteiger partial charge in [0.1, 0.15) is 5.82 Å². The molecule has 0 amide bonds. The van der Waals surface area contributed by atoms with Crippen molar-refractivity contribution >= 4 is 22.7 Å². The number of halogens is 1. The molecule has 2 fully saturated rings. The maximum absolute atomic E-state index is 13.5. The van der Waals surface area contributed by atoms with Crippen LogP contribution in [0.15, 0.2) is 30.3 Å². The predicted octanol–water partition coefficient (Wildman–Crippen LogP) is 3.68. The molecule has 2 aliphatic heterocycles. The number of hydrogen-bond acceptors (Lipinski definition) is 6. The predicted molar refractivity (Wildman–Crippen MR) is 127 cm³/mol. The zero-order valence-corrected chi connectivity index (χ0v) is 19.6. The fourth-order valence-electron chi connectivity index (χ4n) is 4.90. The minimum absolute atomic E-state index is 0.0251. The van der Waals surface area contributed by atoms with Crippen LogP contribution < -0.4 is 4.90 Å². The largest absolute Gasteiger partial charge is 0.477 e. The number of carboxylic acids is 1. The Kier molecular flexibility index (Phi) is 6.22. The molecule has 1 aromatic carbocycles. The molecule has 0 spiro atoms. The van der Waals surface area contributed by atoms with Crippen molar-refractivity contribution in [1.29, 1.82) is 0 Å². The zero-order valence-electron chi connectivity index (χ0n) is 19.6. The lowest BCUT2D eigenvalue weighted by Gasteiger charge is -2.37. The third-order valence-electron chi connectivity index (χ3n) is 6.68. The Labute approximate surface area is 197 Å². The highest BCUT2D eigenvalue weighted by Crippen LogP contribution is 2.35. The van der Waals surface area contributed by atoms with Crippen LogP contribution in [0, 0.1) is 5.82 Å². The van der Waals surface area contributed by atoms with E-state index in [9.17, 15) is 14.3 Å². The normalized spacial score (nSPS) is 19.4. The van der Waals surface area contributed by atoms with Crippen LogP contribution in [0.2, 0.25) is 0 Å². The number of aromatic nitrogens is 3. The number of ether oxygens (including phenoxy) is 1. The Bertz CT molecular complexity index is 1180. The number of nitrogens with zero attached hydrogens (tertiary/aromatic N) is 5. The van der Waals surface area contributed by atoms with Crippen LogP contribution in [0.1, 0.15) is 48.8 Å². The second-order valence-corrected chi connectivity index (χ2v) is 9.38. The van der Waals surface area contributed by atoms with E-state index in [1.54, 1.807) is 22.9 Å². The molecule has 1 N–H and O–H groups in total. The molecule has 4 heterocycles. The standard InChI is InChI=1S/C25H30FN5O3/c1-16(2)23-22-21(30-11-9-29(10-12-30)15-19-4-3-13-34-19)14-20(25(32)33)27-24(22)31(28-23)18-7-5-17(26)6-8-18/h5-8,14,16,19H,3-4,9-13,15H2,1-2H3,(H,32,33). The number of carbonyl (C=O) groups is 1. The van der Waals surface area contributed by atoms with Gasteiger partial charge in [-0.15, -0.1) is 0 Å². The van der Waals surface area contributed by atoms with Crippen molar-refractivity contribution in [2.75, 3.05) is 44.2 Å². The number of benzene rings is 1. The number of piperazine rings is 1. The Morgan fingerprint density at radius 3 is 2.56 bits per heavy atom. The van der Waals surface area contributed by atoms with E-state index >= 15 is 0 Å². The SMILES string of the molecule is CC(C)c1nn(-c2ccc(F)cc2)c2nc(C(=O)O)cc(N3CCN(CC4CCCO4)CC3)c12. The summed E-state index contributed by atoms with van der Waals surface area (Å²) in [6, 6.07) is 7.66. The van der Waals surface area contributed by atoms with Crippen LogP contribution >= 0.6 is 0 Å². The Balaban J connectivity index is 1.54. The first-order valence-corrected chi connectivity index (χ1v) is 11.9. The molecule has 9 heteroatoms. The van der Waals surface area contributed by atoms with E-state index in [4.69, 9.17) is 9.84 Å². The number of pyridine rings is 1. The monoisotopic (exact) mass is 467 g/mol. The summed E-state index contributed by atoms with van der Waals surface area (Å²) in [5.41, 5.74) is 2.78. The fraction of sp³-hybridized carbons (Fsp3) is 0.480. The van der Waals surface area contributed by atoms with Gasteiger partial charge in [-0.05, 0) is 49.1 Å². The van der Waals surface area contributed by atoms with Gasteiger partial charge in [0, 0.05) is 39.3 Å². The van der Waals surface area contributed by atoms with Crippen molar-refractivity contribution in [3.63, 3.8) is 0 Å². The lowest BCUT2D eigenvalue weighted by atomic mass is 10.0. The fourth-order valence-corrected chi connectivity index (χ4v) is 4.90. The highest BCUT2D eigenvalue weighted by molar-refractivity contribution is 5.98. The van der Waals surface area contributed by atoms with E-state index in [1.807, 2.05) is 0 Å². The van der Waals surface area contributed by atoms with Crippen molar-refractivity contribution in [1.82, 2.24) is 19.7 Å². The van der Waals surface area contributed by atoms with Gasteiger partial charge in [-0.2, -0.15) is 5.10 Å². The second kappa shape index (κ2) is 9.31. The third-order valence-corrected chi connectivity index (χ3v) is 6.68. The molecule has 0 bridgehead atoms. The van der Waals surface area contributed by atoms with Gasteiger partial charge >= 0.3 is 5.97 Å². The molecular weight excluding hydrogens is 437 g/mol. The summed E-state index contributed by atoms with van der Waals surface area (Å²) in [4.78, 5) is 21.1.